The van der Waals surface area contributed by atoms with Crippen LogP contribution >= 0.6 is 69.8 Å². The molecule has 0 atom stereocenters. The maximum atomic E-state index is 5.49. The van der Waals surface area contributed by atoms with E-state index in [0.717, 1.165) is 0 Å². The molecular formula is C4H2ClI2N2OPS. The maximum absolute atomic E-state index is 5.49. The molecule has 66 valence electrons. The standard InChI is InChI=1S/C4H2ClI2N2OPS/c5-4-8-1-3(2-9-4)10-12-11(6)7/h1-2H. The Kier molecular flexibility index (Phi) is 5.74. The fraction of sp³-hybridized carbons (Fsp3) is 0. The molecule has 1 aromatic rings. The minimum absolute atomic E-state index is 0.186. The van der Waals surface area contributed by atoms with Crippen molar-refractivity contribution >= 4 is 69.8 Å². The first kappa shape index (κ1) is 11.5. The van der Waals surface area contributed by atoms with Gasteiger partial charge in [-0.2, -0.15) is 0 Å². The molecule has 3 nitrogen and oxygen atoms in total. The lowest BCUT2D eigenvalue weighted by Gasteiger charge is -2.01. The molecule has 1 aromatic heterocycles. The normalized spacial score (nSPS) is 10.3. The molecule has 0 amide bonds. The van der Waals surface area contributed by atoms with Crippen LogP contribution in [0, 0.1) is 0 Å². The molecule has 0 saturated heterocycles. The van der Waals surface area contributed by atoms with Crippen LogP contribution in [0.5, 0.6) is 5.75 Å². The monoisotopic (exact) mass is 446 g/mol. The van der Waals surface area contributed by atoms with Crippen LogP contribution in [0.25, 0.3) is 0 Å². The molecule has 0 aliphatic carbocycles. The van der Waals surface area contributed by atoms with Gasteiger partial charge in [0.2, 0.25) is 5.28 Å². The van der Waals surface area contributed by atoms with Crippen molar-refractivity contribution in [3.63, 3.8) is 0 Å². The number of halogens is 3. The van der Waals surface area contributed by atoms with Crippen molar-refractivity contribution in [2.45, 2.75) is 0 Å². The third-order valence-electron chi connectivity index (χ3n) is 0.786. The van der Waals surface area contributed by atoms with E-state index >= 15 is 0 Å². The van der Waals surface area contributed by atoms with Gasteiger partial charge in [0.15, 0.2) is 5.75 Å². The molecule has 0 spiro atoms. The minimum Gasteiger partial charge on any atom is -0.417 e. The number of hydrogen-bond donors (Lipinski definition) is 0. The van der Waals surface area contributed by atoms with Gasteiger partial charge in [-0.05, 0) is 55.7 Å². The predicted molar refractivity (Wildman–Crippen MR) is 70.2 cm³/mol. The summed E-state index contributed by atoms with van der Waals surface area (Å²) in [6.07, 6.45) is 3.10. The lowest BCUT2D eigenvalue weighted by Crippen LogP contribution is -1.83. The van der Waals surface area contributed by atoms with Crippen molar-refractivity contribution in [2.24, 2.45) is 0 Å². The molecule has 0 aliphatic rings. The van der Waals surface area contributed by atoms with E-state index in [1.165, 1.54) is 11.7 Å². The Morgan fingerprint density at radius 3 is 2.50 bits per heavy atom. The summed E-state index contributed by atoms with van der Waals surface area (Å²) >= 11 is 11.5. The summed E-state index contributed by atoms with van der Waals surface area (Å²) in [6, 6.07) is 0. The smallest absolute Gasteiger partial charge is 0.222 e. The highest BCUT2D eigenvalue weighted by molar-refractivity contribution is 14.3. The average Bonchev–Trinajstić information content (AvgIpc) is 2.03. The summed E-state index contributed by atoms with van der Waals surface area (Å²) < 4.78 is 5.08. The van der Waals surface area contributed by atoms with E-state index in [4.69, 9.17) is 15.8 Å². The Morgan fingerprint density at radius 1 is 1.42 bits per heavy atom. The molecule has 0 fully saturated rings. The topological polar surface area (TPSA) is 35.0 Å². The van der Waals surface area contributed by atoms with E-state index in [0.29, 0.717) is 5.75 Å². The third kappa shape index (κ3) is 4.59. The van der Waals surface area contributed by atoms with Crippen molar-refractivity contribution in [1.29, 1.82) is 0 Å². The van der Waals surface area contributed by atoms with Gasteiger partial charge in [0.05, 0.1) is 12.4 Å². The second-order valence-corrected chi connectivity index (χ2v) is 19.4. The van der Waals surface area contributed by atoms with Crippen molar-refractivity contribution in [1.82, 2.24) is 9.97 Å². The Labute approximate surface area is 106 Å². The summed E-state index contributed by atoms with van der Waals surface area (Å²) in [5.74, 6) is 0.630. The lowest BCUT2D eigenvalue weighted by atomic mass is 10.6. The van der Waals surface area contributed by atoms with Crippen molar-refractivity contribution in [2.75, 3.05) is 0 Å². The largest absolute Gasteiger partial charge is 0.417 e. The molecular weight excluding hydrogens is 444 g/mol. The van der Waals surface area contributed by atoms with Gasteiger partial charge >= 0.3 is 0 Å². The van der Waals surface area contributed by atoms with Crippen molar-refractivity contribution < 1.29 is 4.18 Å². The first-order chi connectivity index (χ1) is 5.68. The Balaban J connectivity index is 2.48. The van der Waals surface area contributed by atoms with Crippen LogP contribution in [0.4, 0.5) is 0 Å². The fourth-order valence-corrected chi connectivity index (χ4v) is 2.62. The predicted octanol–water partition coefficient (Wildman–Crippen LogP) is 4.25. The average molecular weight is 446 g/mol. The number of hydrogen-bond acceptors (Lipinski definition) is 4. The summed E-state index contributed by atoms with van der Waals surface area (Å²) in [5, 5.41) is 0.235. The summed E-state index contributed by atoms with van der Waals surface area (Å²) in [5.41, 5.74) is 0. The highest BCUT2D eigenvalue weighted by atomic mass is 127. The zero-order valence-electron chi connectivity index (χ0n) is 5.45. The molecule has 8 heteroatoms. The molecule has 1 heterocycles. The first-order valence-electron chi connectivity index (χ1n) is 2.62. The molecule has 1 rings (SSSR count). The number of nitrogens with zero attached hydrogens (tertiary/aromatic N) is 2. The van der Waals surface area contributed by atoms with Crippen LogP contribution in [0.15, 0.2) is 12.4 Å². The van der Waals surface area contributed by atoms with E-state index < -0.39 is 0 Å². The molecule has 0 saturated carbocycles. The molecule has 0 N–H and O–H groups in total. The maximum Gasteiger partial charge on any atom is 0.222 e. The van der Waals surface area contributed by atoms with E-state index in [9.17, 15) is 0 Å². The molecule has 0 bridgehead atoms. The van der Waals surface area contributed by atoms with Crippen molar-refractivity contribution in [3.8, 4) is 5.75 Å². The Bertz CT molecular complexity index is 249. The highest BCUT2D eigenvalue weighted by Crippen LogP contribution is 2.64. The molecule has 0 unspecified atom stereocenters. The lowest BCUT2D eigenvalue weighted by molar-refractivity contribution is 0.645. The van der Waals surface area contributed by atoms with Gasteiger partial charge < -0.3 is 4.18 Å². The minimum atomic E-state index is -0.186. The number of aromatic nitrogens is 2. The van der Waals surface area contributed by atoms with Crippen LogP contribution in [-0.4, -0.2) is 9.97 Å². The van der Waals surface area contributed by atoms with Gasteiger partial charge in [-0.1, -0.05) is 0 Å². The van der Waals surface area contributed by atoms with Crippen LogP contribution in [0.2, 0.25) is 5.28 Å². The molecule has 12 heavy (non-hydrogen) atoms. The first-order valence-corrected chi connectivity index (χ1v) is 11.3. The van der Waals surface area contributed by atoms with Gasteiger partial charge in [-0.15, -0.1) is 0 Å². The molecule has 0 radical (unpaired) electrons. The van der Waals surface area contributed by atoms with E-state index in [1.54, 1.807) is 12.4 Å². The van der Waals surface area contributed by atoms with Gasteiger partial charge in [0.1, 0.15) is 14.1 Å². The Morgan fingerprint density at radius 2 is 2.00 bits per heavy atom. The van der Waals surface area contributed by atoms with Gasteiger partial charge in [0, 0.05) is 0 Å². The van der Waals surface area contributed by atoms with Crippen LogP contribution in [0.1, 0.15) is 0 Å². The van der Waals surface area contributed by atoms with E-state index in [2.05, 4.69) is 54.0 Å². The second-order valence-electron chi connectivity index (χ2n) is 1.55. The fourth-order valence-electron chi connectivity index (χ4n) is 0.415. The summed E-state index contributed by atoms with van der Waals surface area (Å²) in [7, 11) is 0. The van der Waals surface area contributed by atoms with Crippen LogP contribution < -0.4 is 4.18 Å². The molecule has 0 aliphatic heterocycles. The number of rotatable bonds is 3. The van der Waals surface area contributed by atoms with Crippen LogP contribution in [0.3, 0.4) is 0 Å². The van der Waals surface area contributed by atoms with Crippen LogP contribution in [-0.2, 0) is 0 Å². The van der Waals surface area contributed by atoms with Gasteiger partial charge in [0.25, 0.3) is 0 Å². The zero-order chi connectivity index (χ0) is 8.97. The Hall–Kier alpha value is 1.41. The van der Waals surface area contributed by atoms with Gasteiger partial charge in [-0.25, -0.2) is 9.97 Å². The summed E-state index contributed by atoms with van der Waals surface area (Å²) in [6.45, 7) is 0. The van der Waals surface area contributed by atoms with E-state index in [-0.39, 0.29) is 7.69 Å². The van der Waals surface area contributed by atoms with Gasteiger partial charge in [-0.3, -0.25) is 0 Å². The zero-order valence-corrected chi connectivity index (χ0v) is 12.2. The SMILES string of the molecule is Clc1ncc(OSP(I)I)cn1. The summed E-state index contributed by atoms with van der Waals surface area (Å²) in [4.78, 5) is 7.55. The third-order valence-corrected chi connectivity index (χ3v) is 4.82. The molecule has 0 aromatic carbocycles. The second kappa shape index (κ2) is 6.00. The van der Waals surface area contributed by atoms with E-state index in [1.807, 2.05) is 0 Å². The quantitative estimate of drug-likeness (QED) is 0.301. The highest BCUT2D eigenvalue weighted by Gasteiger charge is 2.01. The van der Waals surface area contributed by atoms with Crippen molar-refractivity contribution in [3.05, 3.63) is 17.7 Å².